The highest BCUT2D eigenvalue weighted by Gasteiger charge is 2.50. The van der Waals surface area contributed by atoms with E-state index in [0.717, 1.165) is 13.1 Å². The standard InChI is InChI=1S/C8H15N3O/c1-10-3-8(4-10)5-11(6-8)2-7(9)12/h2-6H2,1H3,(H2,9,12). The minimum absolute atomic E-state index is 0.211. The number of primary amides is 1. The lowest BCUT2D eigenvalue weighted by Crippen LogP contribution is -2.71. The molecule has 0 aliphatic carbocycles. The summed E-state index contributed by atoms with van der Waals surface area (Å²) in [5.74, 6) is -0.211. The van der Waals surface area contributed by atoms with Crippen molar-refractivity contribution in [2.45, 2.75) is 0 Å². The molecule has 0 aromatic carbocycles. The molecule has 2 rings (SSSR count). The first-order valence-corrected chi connectivity index (χ1v) is 4.29. The number of nitrogens with two attached hydrogens (primary N) is 1. The van der Waals surface area contributed by atoms with Crippen molar-refractivity contribution in [3.05, 3.63) is 0 Å². The van der Waals surface area contributed by atoms with Gasteiger partial charge in [-0.2, -0.15) is 0 Å². The van der Waals surface area contributed by atoms with Crippen LogP contribution in [0.25, 0.3) is 0 Å². The van der Waals surface area contributed by atoms with Crippen molar-refractivity contribution in [1.29, 1.82) is 0 Å². The lowest BCUT2D eigenvalue weighted by molar-refractivity contribution is -0.131. The van der Waals surface area contributed by atoms with Gasteiger partial charge >= 0.3 is 0 Å². The highest BCUT2D eigenvalue weighted by Crippen LogP contribution is 2.38. The van der Waals surface area contributed by atoms with Crippen molar-refractivity contribution >= 4 is 5.91 Å². The highest BCUT2D eigenvalue weighted by molar-refractivity contribution is 5.76. The minimum Gasteiger partial charge on any atom is -0.369 e. The zero-order valence-electron chi connectivity index (χ0n) is 7.42. The molecule has 2 aliphatic rings. The van der Waals surface area contributed by atoms with E-state index in [1.54, 1.807) is 0 Å². The molecule has 0 atom stereocenters. The van der Waals surface area contributed by atoms with Gasteiger partial charge in [0.2, 0.25) is 5.91 Å². The number of carbonyl (C=O) groups is 1. The largest absolute Gasteiger partial charge is 0.369 e. The fourth-order valence-corrected chi connectivity index (χ4v) is 2.53. The summed E-state index contributed by atoms with van der Waals surface area (Å²) < 4.78 is 0. The predicted octanol–water partition coefficient (Wildman–Crippen LogP) is -1.28. The topological polar surface area (TPSA) is 49.6 Å². The smallest absolute Gasteiger partial charge is 0.231 e. The van der Waals surface area contributed by atoms with Crippen LogP contribution in [0.3, 0.4) is 0 Å². The first kappa shape index (κ1) is 8.01. The van der Waals surface area contributed by atoms with E-state index < -0.39 is 0 Å². The van der Waals surface area contributed by atoms with Gasteiger partial charge in [-0.05, 0) is 7.05 Å². The van der Waals surface area contributed by atoms with Gasteiger partial charge in [0.05, 0.1) is 6.54 Å². The van der Waals surface area contributed by atoms with Crippen molar-refractivity contribution in [2.24, 2.45) is 11.1 Å². The fourth-order valence-electron chi connectivity index (χ4n) is 2.53. The molecule has 0 aromatic heterocycles. The van der Waals surface area contributed by atoms with Gasteiger partial charge < -0.3 is 10.6 Å². The molecule has 2 N–H and O–H groups in total. The Hall–Kier alpha value is -0.610. The van der Waals surface area contributed by atoms with Crippen molar-refractivity contribution < 1.29 is 4.79 Å². The Morgan fingerprint density at radius 3 is 2.42 bits per heavy atom. The molecule has 2 fully saturated rings. The van der Waals surface area contributed by atoms with Crippen LogP contribution in [0.5, 0.6) is 0 Å². The Labute approximate surface area is 72.3 Å². The molecule has 4 heteroatoms. The molecule has 1 amide bonds. The van der Waals surface area contributed by atoms with E-state index >= 15 is 0 Å². The lowest BCUT2D eigenvalue weighted by atomic mass is 9.73. The average molecular weight is 169 g/mol. The summed E-state index contributed by atoms with van der Waals surface area (Å²) in [6.07, 6.45) is 0. The number of hydrogen-bond donors (Lipinski definition) is 1. The summed E-state index contributed by atoms with van der Waals surface area (Å²) in [7, 11) is 2.13. The van der Waals surface area contributed by atoms with Gasteiger partial charge in [0.25, 0.3) is 0 Å². The third kappa shape index (κ3) is 1.21. The summed E-state index contributed by atoms with van der Waals surface area (Å²) in [6.45, 7) is 4.91. The van der Waals surface area contributed by atoms with Crippen LogP contribution in [0, 0.1) is 5.41 Å². The average Bonchev–Trinajstić information content (AvgIpc) is 1.78. The Balaban J connectivity index is 1.74. The molecule has 0 aromatic rings. The van der Waals surface area contributed by atoms with Crippen molar-refractivity contribution in [1.82, 2.24) is 9.80 Å². The lowest BCUT2D eigenvalue weighted by Gasteiger charge is -2.59. The van der Waals surface area contributed by atoms with Crippen LogP contribution in [-0.2, 0) is 4.79 Å². The normalized spacial score (nSPS) is 28.1. The van der Waals surface area contributed by atoms with E-state index in [2.05, 4.69) is 16.8 Å². The number of nitrogens with zero attached hydrogens (tertiary/aromatic N) is 2. The molecule has 4 nitrogen and oxygen atoms in total. The second-order valence-electron chi connectivity index (χ2n) is 4.28. The molecule has 2 saturated heterocycles. The maximum absolute atomic E-state index is 10.6. The van der Waals surface area contributed by atoms with Crippen LogP contribution in [0.2, 0.25) is 0 Å². The molecule has 2 heterocycles. The van der Waals surface area contributed by atoms with E-state index in [9.17, 15) is 4.79 Å². The quantitative estimate of drug-likeness (QED) is 0.560. The maximum Gasteiger partial charge on any atom is 0.231 e. The molecule has 0 bridgehead atoms. The number of rotatable bonds is 2. The van der Waals surface area contributed by atoms with E-state index in [4.69, 9.17) is 5.73 Å². The Morgan fingerprint density at radius 1 is 1.42 bits per heavy atom. The van der Waals surface area contributed by atoms with Crippen LogP contribution in [0.15, 0.2) is 0 Å². The summed E-state index contributed by atoms with van der Waals surface area (Å²) in [5, 5.41) is 0. The number of amides is 1. The van der Waals surface area contributed by atoms with Gasteiger partial charge in [-0.15, -0.1) is 0 Å². The molecule has 12 heavy (non-hydrogen) atoms. The third-order valence-electron chi connectivity index (χ3n) is 2.71. The van der Waals surface area contributed by atoms with Crippen LogP contribution >= 0.6 is 0 Å². The zero-order chi connectivity index (χ0) is 8.77. The monoisotopic (exact) mass is 169 g/mol. The Kier molecular flexibility index (Phi) is 1.63. The Morgan fingerprint density at radius 2 is 2.00 bits per heavy atom. The van der Waals surface area contributed by atoms with Gasteiger partial charge in [0.15, 0.2) is 0 Å². The van der Waals surface area contributed by atoms with Crippen LogP contribution in [0.1, 0.15) is 0 Å². The van der Waals surface area contributed by atoms with Crippen molar-refractivity contribution in [3.8, 4) is 0 Å². The van der Waals surface area contributed by atoms with Crippen LogP contribution in [0.4, 0.5) is 0 Å². The van der Waals surface area contributed by atoms with Crippen LogP contribution in [-0.4, -0.2) is 55.5 Å². The van der Waals surface area contributed by atoms with Gasteiger partial charge in [-0.1, -0.05) is 0 Å². The molecule has 68 valence electrons. The van der Waals surface area contributed by atoms with Gasteiger partial charge in [-0.25, -0.2) is 0 Å². The third-order valence-corrected chi connectivity index (χ3v) is 2.71. The van der Waals surface area contributed by atoms with E-state index in [1.165, 1.54) is 13.1 Å². The summed E-state index contributed by atoms with van der Waals surface area (Å²) >= 11 is 0. The zero-order valence-corrected chi connectivity index (χ0v) is 7.42. The summed E-state index contributed by atoms with van der Waals surface area (Å²) in [5.41, 5.74) is 5.61. The number of hydrogen-bond acceptors (Lipinski definition) is 3. The van der Waals surface area contributed by atoms with Crippen molar-refractivity contribution in [3.63, 3.8) is 0 Å². The molecule has 0 saturated carbocycles. The first-order chi connectivity index (χ1) is 5.60. The summed E-state index contributed by atoms with van der Waals surface area (Å²) in [6, 6.07) is 0. The SMILES string of the molecule is CN1CC2(C1)CN(CC(N)=O)C2. The van der Waals surface area contributed by atoms with Crippen molar-refractivity contribution in [2.75, 3.05) is 39.8 Å². The molecule has 0 unspecified atom stereocenters. The Bertz CT molecular complexity index is 202. The van der Waals surface area contributed by atoms with Crippen LogP contribution < -0.4 is 5.73 Å². The molecular formula is C8H15N3O. The van der Waals surface area contributed by atoms with Gasteiger partial charge in [0, 0.05) is 31.6 Å². The highest BCUT2D eigenvalue weighted by atomic mass is 16.1. The second kappa shape index (κ2) is 2.44. The van der Waals surface area contributed by atoms with Gasteiger partial charge in [0.1, 0.15) is 0 Å². The first-order valence-electron chi connectivity index (χ1n) is 4.29. The van der Waals surface area contributed by atoms with Gasteiger partial charge in [-0.3, -0.25) is 9.69 Å². The molecular weight excluding hydrogens is 154 g/mol. The number of likely N-dealkylation sites (tertiary alicyclic amines) is 2. The van der Waals surface area contributed by atoms with E-state index in [1.807, 2.05) is 0 Å². The molecule has 1 spiro atoms. The number of carbonyl (C=O) groups excluding carboxylic acids is 1. The van der Waals surface area contributed by atoms with E-state index in [0.29, 0.717) is 12.0 Å². The maximum atomic E-state index is 10.6. The predicted molar refractivity (Wildman–Crippen MR) is 45.6 cm³/mol. The summed E-state index contributed by atoms with van der Waals surface area (Å²) in [4.78, 5) is 15.0. The minimum atomic E-state index is -0.211. The molecule has 2 aliphatic heterocycles. The second-order valence-corrected chi connectivity index (χ2v) is 4.28. The fraction of sp³-hybridized carbons (Fsp3) is 0.875. The van der Waals surface area contributed by atoms with E-state index in [-0.39, 0.29) is 5.91 Å². The molecule has 0 radical (unpaired) electrons.